The number of alkyl halides is 1. The predicted molar refractivity (Wildman–Crippen MR) is 58.6 cm³/mol. The Balaban J connectivity index is 2.85. The van der Waals surface area contributed by atoms with Crippen LogP contribution in [-0.2, 0) is 4.74 Å². The molecule has 0 N–H and O–H groups in total. The van der Waals surface area contributed by atoms with E-state index in [4.69, 9.17) is 9.47 Å². The summed E-state index contributed by atoms with van der Waals surface area (Å²) in [5.41, 5.74) is 0.871. The monoisotopic (exact) mass is 210 g/mol. The number of hydrogen-bond acceptors (Lipinski definition) is 2. The van der Waals surface area contributed by atoms with Gasteiger partial charge in [0, 0.05) is 0 Å². The highest BCUT2D eigenvalue weighted by molar-refractivity contribution is 5.53. The Labute approximate surface area is 89.3 Å². The molecule has 0 aliphatic heterocycles. The highest BCUT2D eigenvalue weighted by atomic mass is 19.1. The molecular weight excluding hydrogens is 195 g/mol. The molecule has 0 spiro atoms. The summed E-state index contributed by atoms with van der Waals surface area (Å²) in [6.45, 7) is 1.71. The van der Waals surface area contributed by atoms with Crippen molar-refractivity contribution in [2.45, 2.75) is 6.92 Å². The van der Waals surface area contributed by atoms with Crippen LogP contribution in [0.5, 0.6) is 5.75 Å². The molecule has 0 bridgehead atoms. The van der Waals surface area contributed by atoms with Crippen molar-refractivity contribution in [3.63, 3.8) is 0 Å². The lowest BCUT2D eigenvalue weighted by molar-refractivity contribution is 0.208. The summed E-state index contributed by atoms with van der Waals surface area (Å²) in [5, 5.41) is 0. The summed E-state index contributed by atoms with van der Waals surface area (Å²) < 4.78 is 22.7. The number of methoxy groups -OCH3 is 1. The Morgan fingerprint density at radius 3 is 2.87 bits per heavy atom. The van der Waals surface area contributed by atoms with Crippen LogP contribution in [0.3, 0.4) is 0 Å². The van der Waals surface area contributed by atoms with Crippen molar-refractivity contribution in [1.29, 1.82) is 0 Å². The van der Waals surface area contributed by atoms with Gasteiger partial charge in [-0.2, -0.15) is 0 Å². The molecule has 0 aliphatic carbocycles. The van der Waals surface area contributed by atoms with E-state index in [0.717, 1.165) is 11.3 Å². The molecular formula is C12H15FO2. The zero-order valence-electron chi connectivity index (χ0n) is 9.00. The van der Waals surface area contributed by atoms with Gasteiger partial charge in [0.25, 0.3) is 0 Å². The lowest BCUT2D eigenvalue weighted by Crippen LogP contribution is -1.93. The number of rotatable bonds is 5. The molecule has 1 aromatic rings. The molecule has 0 atom stereocenters. The Hall–Kier alpha value is -1.51. The van der Waals surface area contributed by atoms with Crippen molar-refractivity contribution < 1.29 is 13.9 Å². The average Bonchev–Trinajstić information content (AvgIpc) is 2.29. The van der Waals surface area contributed by atoms with Gasteiger partial charge < -0.3 is 9.47 Å². The van der Waals surface area contributed by atoms with Gasteiger partial charge in [-0.15, -0.1) is 0 Å². The first-order valence-corrected chi connectivity index (χ1v) is 4.83. The van der Waals surface area contributed by atoms with Crippen LogP contribution in [0.2, 0.25) is 0 Å². The Morgan fingerprint density at radius 1 is 1.47 bits per heavy atom. The summed E-state index contributed by atoms with van der Waals surface area (Å²) in [5.74, 6) is 1.09. The first kappa shape index (κ1) is 11.6. The third kappa shape index (κ3) is 3.62. The molecule has 0 fully saturated rings. The van der Waals surface area contributed by atoms with Crippen LogP contribution in [0, 0.1) is 0 Å². The van der Waals surface area contributed by atoms with Crippen molar-refractivity contribution in [2.75, 3.05) is 20.4 Å². The molecule has 15 heavy (non-hydrogen) atoms. The second kappa shape index (κ2) is 6.06. The van der Waals surface area contributed by atoms with E-state index < -0.39 is 6.67 Å². The maximum absolute atomic E-state index is 12.5. The minimum absolute atomic E-state index is 0.339. The van der Waals surface area contributed by atoms with Gasteiger partial charge in [0.15, 0.2) is 0 Å². The van der Waals surface area contributed by atoms with Gasteiger partial charge in [-0.25, -0.2) is 4.39 Å². The smallest absolute Gasteiger partial charge is 0.147 e. The highest BCUT2D eigenvalue weighted by Gasteiger charge is 1.98. The largest absolute Gasteiger partial charge is 0.497 e. The molecule has 82 valence electrons. The maximum atomic E-state index is 12.5. The third-order valence-corrected chi connectivity index (χ3v) is 1.88. The summed E-state index contributed by atoms with van der Waals surface area (Å²) in [6, 6.07) is 7.39. The lowest BCUT2D eigenvalue weighted by Gasteiger charge is -2.05. The normalized spacial score (nSPS) is 11.3. The molecule has 3 heteroatoms. The zero-order chi connectivity index (χ0) is 11.1. The number of ether oxygens (including phenoxy) is 2. The van der Waals surface area contributed by atoms with Gasteiger partial charge in [0.1, 0.15) is 18.2 Å². The minimum atomic E-state index is -0.592. The van der Waals surface area contributed by atoms with Gasteiger partial charge in [0.05, 0.1) is 13.7 Å². The topological polar surface area (TPSA) is 18.5 Å². The van der Waals surface area contributed by atoms with Gasteiger partial charge in [0.2, 0.25) is 0 Å². The van der Waals surface area contributed by atoms with Crippen molar-refractivity contribution in [3.8, 4) is 5.75 Å². The number of hydrogen-bond donors (Lipinski definition) is 0. The molecule has 2 nitrogen and oxygen atoms in total. The first-order chi connectivity index (χ1) is 7.30. The van der Waals surface area contributed by atoms with Gasteiger partial charge >= 0.3 is 0 Å². The van der Waals surface area contributed by atoms with E-state index in [0.29, 0.717) is 12.4 Å². The van der Waals surface area contributed by atoms with Gasteiger partial charge in [-0.05, 0) is 30.7 Å². The quantitative estimate of drug-likeness (QED) is 0.695. The van der Waals surface area contributed by atoms with Gasteiger partial charge in [-0.1, -0.05) is 12.1 Å². The fraction of sp³-hybridized carbons (Fsp3) is 0.333. The van der Waals surface area contributed by atoms with Crippen LogP contribution in [0.4, 0.5) is 4.39 Å². The van der Waals surface area contributed by atoms with Crippen LogP contribution in [0.25, 0.3) is 6.08 Å². The molecule has 0 radical (unpaired) electrons. The van der Waals surface area contributed by atoms with Crippen molar-refractivity contribution in [2.24, 2.45) is 0 Å². The SMILES string of the molecule is CCO/C(=C\c1cccc(OC)c1)CF. The zero-order valence-corrected chi connectivity index (χ0v) is 9.00. The van der Waals surface area contributed by atoms with E-state index in [-0.39, 0.29) is 0 Å². The van der Waals surface area contributed by atoms with Crippen LogP contribution >= 0.6 is 0 Å². The lowest BCUT2D eigenvalue weighted by atomic mass is 10.2. The Bertz CT molecular complexity index is 334. The molecule has 1 aromatic carbocycles. The summed E-state index contributed by atoms with van der Waals surface area (Å²) in [6.07, 6.45) is 1.67. The number of allylic oxidation sites excluding steroid dienone is 1. The second-order valence-electron chi connectivity index (χ2n) is 2.95. The van der Waals surface area contributed by atoms with E-state index in [2.05, 4.69) is 0 Å². The summed E-state index contributed by atoms with van der Waals surface area (Å²) in [7, 11) is 1.60. The van der Waals surface area contributed by atoms with E-state index in [1.165, 1.54) is 0 Å². The van der Waals surface area contributed by atoms with E-state index in [1.807, 2.05) is 31.2 Å². The molecule has 0 unspecified atom stereocenters. The van der Waals surface area contributed by atoms with Crippen LogP contribution in [-0.4, -0.2) is 20.4 Å². The summed E-state index contributed by atoms with van der Waals surface area (Å²) >= 11 is 0. The molecule has 1 rings (SSSR count). The van der Waals surface area contributed by atoms with Crippen LogP contribution in [0.15, 0.2) is 30.0 Å². The molecule has 0 aromatic heterocycles. The highest BCUT2D eigenvalue weighted by Crippen LogP contribution is 2.15. The first-order valence-electron chi connectivity index (χ1n) is 4.83. The van der Waals surface area contributed by atoms with Crippen LogP contribution in [0.1, 0.15) is 12.5 Å². The molecule has 0 heterocycles. The van der Waals surface area contributed by atoms with Crippen molar-refractivity contribution >= 4 is 6.08 Å². The fourth-order valence-corrected chi connectivity index (χ4v) is 1.22. The van der Waals surface area contributed by atoms with E-state index in [1.54, 1.807) is 13.2 Å². The van der Waals surface area contributed by atoms with Crippen molar-refractivity contribution in [1.82, 2.24) is 0 Å². The fourth-order valence-electron chi connectivity index (χ4n) is 1.22. The summed E-state index contributed by atoms with van der Waals surface area (Å²) in [4.78, 5) is 0. The second-order valence-corrected chi connectivity index (χ2v) is 2.95. The van der Waals surface area contributed by atoms with Crippen LogP contribution < -0.4 is 4.74 Å². The Kier molecular flexibility index (Phi) is 4.68. The predicted octanol–water partition coefficient (Wildman–Crippen LogP) is 3.04. The molecule has 0 saturated carbocycles. The van der Waals surface area contributed by atoms with E-state index >= 15 is 0 Å². The maximum Gasteiger partial charge on any atom is 0.147 e. The molecule has 0 amide bonds. The average molecular weight is 210 g/mol. The standard InChI is InChI=1S/C12H15FO2/c1-3-15-12(9-13)8-10-5-4-6-11(7-10)14-2/h4-8H,3,9H2,1-2H3/b12-8-. The third-order valence-electron chi connectivity index (χ3n) is 1.88. The van der Waals surface area contributed by atoms with Crippen molar-refractivity contribution in [3.05, 3.63) is 35.6 Å². The number of benzene rings is 1. The number of halogens is 1. The van der Waals surface area contributed by atoms with E-state index in [9.17, 15) is 4.39 Å². The molecule has 0 saturated heterocycles. The molecule has 0 aliphatic rings. The minimum Gasteiger partial charge on any atom is -0.497 e. The Morgan fingerprint density at radius 2 is 2.27 bits per heavy atom. The van der Waals surface area contributed by atoms with Gasteiger partial charge in [-0.3, -0.25) is 0 Å².